The van der Waals surface area contributed by atoms with Gasteiger partial charge in [-0.3, -0.25) is 0 Å². The Morgan fingerprint density at radius 1 is 0.806 bits per heavy atom. The largest absolute Gasteiger partial charge is 0.418 e. The molecular weight excluding hydrogens is 538 g/mol. The third-order valence-electron chi connectivity index (χ3n) is 6.56. The lowest BCUT2D eigenvalue weighted by atomic mass is 9.96. The Morgan fingerprint density at radius 3 is 2.11 bits per heavy atom. The molecule has 0 N–H and O–H groups in total. The van der Waals surface area contributed by atoms with Crippen LogP contribution in [0, 0.1) is 6.92 Å². The van der Waals surface area contributed by atoms with Gasteiger partial charge in [0.1, 0.15) is 0 Å². The van der Waals surface area contributed by atoms with E-state index in [-0.39, 0.29) is 5.41 Å². The summed E-state index contributed by atoms with van der Waals surface area (Å²) in [6.45, 7) is 1.97. The van der Waals surface area contributed by atoms with E-state index in [1.807, 2.05) is 55.5 Å². The van der Waals surface area contributed by atoms with Crippen LogP contribution in [0.25, 0.3) is 28.5 Å². The highest BCUT2D eigenvalue weighted by Gasteiger charge is 2.51. The van der Waals surface area contributed by atoms with E-state index in [1.165, 1.54) is 0 Å². The van der Waals surface area contributed by atoms with Crippen molar-refractivity contribution in [1.82, 2.24) is 20.0 Å². The van der Waals surface area contributed by atoms with Crippen LogP contribution in [0.2, 0.25) is 20.1 Å². The van der Waals surface area contributed by atoms with Crippen LogP contribution in [-0.2, 0) is 5.41 Å². The molecule has 1 saturated carbocycles. The lowest BCUT2D eigenvalue weighted by Crippen LogP contribution is -2.08. The summed E-state index contributed by atoms with van der Waals surface area (Å²) in [7, 11) is 0. The van der Waals surface area contributed by atoms with Crippen LogP contribution >= 0.6 is 46.4 Å². The fraction of sp³-hybridized carbons (Fsp3) is 0.148. The minimum Gasteiger partial charge on any atom is -0.418 e. The van der Waals surface area contributed by atoms with Gasteiger partial charge in [0.25, 0.3) is 5.89 Å². The first-order valence-electron chi connectivity index (χ1n) is 11.3. The number of halogens is 4. The maximum atomic E-state index is 6.57. The first-order valence-corrected chi connectivity index (χ1v) is 12.8. The Morgan fingerprint density at radius 2 is 1.44 bits per heavy atom. The third-order valence-corrected chi connectivity index (χ3v) is 7.62. The molecule has 0 saturated heterocycles. The van der Waals surface area contributed by atoms with Crippen molar-refractivity contribution in [3.8, 4) is 28.5 Å². The van der Waals surface area contributed by atoms with Crippen LogP contribution in [0.4, 0.5) is 0 Å². The first kappa shape index (κ1) is 23.6. The quantitative estimate of drug-likeness (QED) is 0.218. The van der Waals surface area contributed by atoms with Crippen molar-refractivity contribution in [2.75, 3.05) is 0 Å². The summed E-state index contributed by atoms with van der Waals surface area (Å²) >= 11 is 25.1. The highest BCUT2D eigenvalue weighted by atomic mass is 35.5. The first-order chi connectivity index (χ1) is 17.4. The predicted octanol–water partition coefficient (Wildman–Crippen LogP) is 8.59. The highest BCUT2D eigenvalue weighted by Crippen LogP contribution is 2.53. The lowest BCUT2D eigenvalue weighted by molar-refractivity contribution is 0.470. The van der Waals surface area contributed by atoms with Crippen LogP contribution in [-0.4, -0.2) is 20.0 Å². The molecule has 2 aromatic heterocycles. The monoisotopic (exact) mass is 554 g/mol. The minimum atomic E-state index is -0.290. The van der Waals surface area contributed by atoms with Gasteiger partial charge in [-0.25, -0.2) is 4.68 Å². The van der Waals surface area contributed by atoms with Crippen LogP contribution in [0.1, 0.15) is 29.9 Å². The second-order valence-corrected chi connectivity index (χ2v) is 10.6. The van der Waals surface area contributed by atoms with Crippen LogP contribution in [0.5, 0.6) is 0 Å². The maximum Gasteiger partial charge on any atom is 0.268 e. The molecule has 6 rings (SSSR count). The second-order valence-electron chi connectivity index (χ2n) is 8.84. The standard InChI is InChI=1S/C27H18Cl4N4O/c1-15-23(25-32-33-26(36-25)27(12-13-27)17-4-8-19(29)9-5-17)34-35(22-14-20(30)10-11-21(22)31)24(15)16-2-6-18(28)7-3-16/h2-11,14H,12-13H2,1H3. The molecule has 1 aliphatic rings. The molecule has 3 aromatic carbocycles. The Bertz CT molecular complexity index is 1590. The zero-order valence-corrected chi connectivity index (χ0v) is 22.0. The number of aromatic nitrogens is 4. The number of hydrogen-bond acceptors (Lipinski definition) is 4. The smallest absolute Gasteiger partial charge is 0.268 e. The van der Waals surface area contributed by atoms with Gasteiger partial charge >= 0.3 is 0 Å². The average Bonchev–Trinajstić information content (AvgIpc) is 3.40. The fourth-order valence-electron chi connectivity index (χ4n) is 4.50. The van der Waals surface area contributed by atoms with Crippen molar-refractivity contribution in [3.05, 3.63) is 104 Å². The maximum absolute atomic E-state index is 6.57. The molecule has 0 radical (unpaired) electrons. The van der Waals surface area contributed by atoms with E-state index >= 15 is 0 Å². The van der Waals surface area contributed by atoms with E-state index in [9.17, 15) is 0 Å². The molecule has 1 fully saturated rings. The number of rotatable bonds is 5. The molecule has 5 aromatic rings. The van der Waals surface area contributed by atoms with Gasteiger partial charge in [-0.2, -0.15) is 5.10 Å². The molecule has 180 valence electrons. The fourth-order valence-corrected chi connectivity index (χ4v) is 5.12. The summed E-state index contributed by atoms with van der Waals surface area (Å²) in [4.78, 5) is 0. The SMILES string of the molecule is Cc1c(-c2nnc(C3(c4ccc(Cl)cc4)CC3)o2)nn(-c2cc(Cl)ccc2Cl)c1-c1ccc(Cl)cc1. The summed E-state index contributed by atoms with van der Waals surface area (Å²) in [5.41, 5.74) is 4.62. The van der Waals surface area contributed by atoms with Crippen molar-refractivity contribution in [2.45, 2.75) is 25.2 Å². The lowest BCUT2D eigenvalue weighted by Gasteiger charge is -2.11. The van der Waals surface area contributed by atoms with Gasteiger partial charge in [0.2, 0.25) is 5.89 Å². The molecule has 0 amide bonds. The Labute approximate surface area is 227 Å². The van der Waals surface area contributed by atoms with E-state index in [0.29, 0.717) is 43.3 Å². The molecule has 0 bridgehead atoms. The van der Waals surface area contributed by atoms with Gasteiger partial charge in [-0.15, -0.1) is 10.2 Å². The topological polar surface area (TPSA) is 56.7 Å². The van der Waals surface area contributed by atoms with Crippen molar-refractivity contribution in [3.63, 3.8) is 0 Å². The van der Waals surface area contributed by atoms with E-state index in [1.54, 1.807) is 22.9 Å². The van der Waals surface area contributed by atoms with Gasteiger partial charge in [0.05, 0.1) is 21.8 Å². The van der Waals surface area contributed by atoms with Gasteiger partial charge in [-0.1, -0.05) is 70.7 Å². The molecule has 9 heteroatoms. The number of benzene rings is 3. The van der Waals surface area contributed by atoms with Gasteiger partial charge < -0.3 is 4.42 Å². The van der Waals surface area contributed by atoms with Crippen molar-refractivity contribution >= 4 is 46.4 Å². The molecule has 0 aliphatic heterocycles. The molecule has 2 heterocycles. The predicted molar refractivity (Wildman–Crippen MR) is 144 cm³/mol. The van der Waals surface area contributed by atoms with E-state index in [2.05, 4.69) is 10.2 Å². The van der Waals surface area contributed by atoms with Gasteiger partial charge in [0, 0.05) is 26.2 Å². The molecule has 0 atom stereocenters. The van der Waals surface area contributed by atoms with E-state index in [4.69, 9.17) is 55.9 Å². The van der Waals surface area contributed by atoms with Crippen molar-refractivity contribution in [1.29, 1.82) is 0 Å². The number of hydrogen-bond donors (Lipinski definition) is 0. The summed E-state index contributed by atoms with van der Waals surface area (Å²) in [5.74, 6) is 0.914. The summed E-state index contributed by atoms with van der Waals surface area (Å²) in [6.07, 6.45) is 1.86. The Kier molecular flexibility index (Phi) is 5.84. The molecule has 0 spiro atoms. The molecular formula is C27H18Cl4N4O. The Hall–Kier alpha value is -2.83. The zero-order chi connectivity index (χ0) is 25.0. The number of nitrogens with zero attached hydrogens (tertiary/aromatic N) is 4. The Balaban J connectivity index is 1.49. The zero-order valence-electron chi connectivity index (χ0n) is 19.0. The van der Waals surface area contributed by atoms with E-state index < -0.39 is 0 Å². The summed E-state index contributed by atoms with van der Waals surface area (Å²) in [5, 5.41) is 16.1. The van der Waals surface area contributed by atoms with Crippen molar-refractivity contribution in [2.24, 2.45) is 0 Å². The highest BCUT2D eigenvalue weighted by molar-refractivity contribution is 6.34. The molecule has 36 heavy (non-hydrogen) atoms. The van der Waals surface area contributed by atoms with E-state index in [0.717, 1.165) is 35.2 Å². The normalized spacial score (nSPS) is 14.2. The average molecular weight is 556 g/mol. The minimum absolute atomic E-state index is 0.290. The van der Waals surface area contributed by atoms with Crippen molar-refractivity contribution < 1.29 is 4.42 Å². The van der Waals surface area contributed by atoms with Crippen LogP contribution in [0.3, 0.4) is 0 Å². The van der Waals surface area contributed by atoms with Gasteiger partial charge in [-0.05, 0) is 67.8 Å². The summed E-state index contributed by atoms with van der Waals surface area (Å²) in [6, 6.07) is 20.6. The van der Waals surface area contributed by atoms with Gasteiger partial charge in [0.15, 0.2) is 5.69 Å². The molecule has 0 unspecified atom stereocenters. The summed E-state index contributed by atoms with van der Waals surface area (Å²) < 4.78 is 8.03. The van der Waals surface area contributed by atoms with Crippen LogP contribution in [0.15, 0.2) is 71.1 Å². The van der Waals surface area contributed by atoms with Crippen LogP contribution < -0.4 is 0 Å². The third kappa shape index (κ3) is 4.00. The molecule has 1 aliphatic carbocycles. The second kappa shape index (κ2) is 8.93. The molecule has 5 nitrogen and oxygen atoms in total.